The van der Waals surface area contributed by atoms with Crippen molar-refractivity contribution in [3.8, 4) is 12.3 Å². The number of hydrogen-bond donors (Lipinski definition) is 0. The fourth-order valence-electron chi connectivity index (χ4n) is 0.848. The van der Waals surface area contributed by atoms with E-state index in [4.69, 9.17) is 15.5 Å². The van der Waals surface area contributed by atoms with Crippen LogP contribution in [0.4, 0.5) is 0 Å². The van der Waals surface area contributed by atoms with Crippen molar-refractivity contribution in [1.29, 1.82) is 0 Å². The molecule has 0 aliphatic heterocycles. The summed E-state index contributed by atoms with van der Waals surface area (Å²) < 4.78 is 26.2. The lowest BCUT2D eigenvalue weighted by Crippen LogP contribution is -2.13. The Morgan fingerprint density at radius 1 is 1.31 bits per heavy atom. The minimum Gasteiger partial charge on any atom is -0.452 e. The van der Waals surface area contributed by atoms with Gasteiger partial charge in [0.1, 0.15) is 6.16 Å². The van der Waals surface area contributed by atoms with Crippen LogP contribution < -0.4 is 0 Å². The molecule has 0 heterocycles. The SMILES string of the molecule is C#CCOC(=O)CP(=O)(OCC)OCC.P. The summed E-state index contributed by atoms with van der Waals surface area (Å²) in [4.78, 5) is 11.1. The first-order valence-electron chi connectivity index (χ1n) is 4.55. The fraction of sp³-hybridized carbons (Fsp3) is 0.667. The predicted molar refractivity (Wildman–Crippen MR) is 66.6 cm³/mol. The summed E-state index contributed by atoms with van der Waals surface area (Å²) in [6, 6.07) is 0. The number of rotatable bonds is 7. The molecule has 0 aliphatic rings. The van der Waals surface area contributed by atoms with Gasteiger partial charge in [-0.3, -0.25) is 9.36 Å². The summed E-state index contributed by atoms with van der Waals surface area (Å²) in [5.41, 5.74) is 0. The Hall–Kier alpha value is -0.390. The van der Waals surface area contributed by atoms with Crippen LogP contribution >= 0.6 is 17.5 Å². The molecule has 94 valence electrons. The number of ether oxygens (including phenoxy) is 1. The lowest BCUT2D eigenvalue weighted by Gasteiger charge is -2.15. The zero-order valence-corrected chi connectivity index (χ0v) is 11.9. The van der Waals surface area contributed by atoms with Crippen molar-refractivity contribution >= 4 is 23.5 Å². The van der Waals surface area contributed by atoms with E-state index in [0.29, 0.717) is 0 Å². The van der Waals surface area contributed by atoms with Crippen molar-refractivity contribution in [2.45, 2.75) is 13.8 Å². The zero-order chi connectivity index (χ0) is 11.7. The van der Waals surface area contributed by atoms with Crippen LogP contribution in [0, 0.1) is 12.3 Å². The minimum atomic E-state index is -3.36. The second kappa shape index (κ2) is 9.81. The third kappa shape index (κ3) is 7.84. The summed E-state index contributed by atoms with van der Waals surface area (Å²) in [6.45, 7) is 3.60. The summed E-state index contributed by atoms with van der Waals surface area (Å²) in [6.07, 6.45) is 4.49. The first-order chi connectivity index (χ1) is 7.08. The average molecular weight is 268 g/mol. The van der Waals surface area contributed by atoms with E-state index in [2.05, 4.69) is 10.7 Å². The summed E-state index contributed by atoms with van der Waals surface area (Å²) in [5.74, 6) is 1.45. The molecule has 1 unspecified atom stereocenters. The van der Waals surface area contributed by atoms with Crippen molar-refractivity contribution in [2.24, 2.45) is 0 Å². The average Bonchev–Trinajstić information content (AvgIpc) is 2.15. The molecule has 0 spiro atoms. The third-order valence-corrected chi connectivity index (χ3v) is 3.24. The number of terminal acetylenes is 1. The van der Waals surface area contributed by atoms with Gasteiger partial charge in [0.2, 0.25) is 0 Å². The third-order valence-electron chi connectivity index (χ3n) is 1.29. The van der Waals surface area contributed by atoms with E-state index in [0.717, 1.165) is 0 Å². The Labute approximate surface area is 99.4 Å². The largest absolute Gasteiger partial charge is 0.452 e. The van der Waals surface area contributed by atoms with Crippen LogP contribution in [0.25, 0.3) is 0 Å². The summed E-state index contributed by atoms with van der Waals surface area (Å²) >= 11 is 0. The number of carbonyl (C=O) groups is 1. The van der Waals surface area contributed by atoms with Crippen molar-refractivity contribution in [3.05, 3.63) is 0 Å². The van der Waals surface area contributed by atoms with Gasteiger partial charge >= 0.3 is 13.6 Å². The first-order valence-corrected chi connectivity index (χ1v) is 6.28. The van der Waals surface area contributed by atoms with Gasteiger partial charge in [-0.2, -0.15) is 9.90 Å². The molecule has 5 nitrogen and oxygen atoms in total. The smallest absolute Gasteiger partial charge is 0.341 e. The van der Waals surface area contributed by atoms with Crippen LogP contribution in [0.15, 0.2) is 0 Å². The van der Waals surface area contributed by atoms with Crippen LogP contribution in [-0.4, -0.2) is 32.0 Å². The van der Waals surface area contributed by atoms with Crippen molar-refractivity contribution in [2.75, 3.05) is 26.0 Å². The maximum atomic E-state index is 11.8. The Morgan fingerprint density at radius 3 is 2.19 bits per heavy atom. The van der Waals surface area contributed by atoms with Gasteiger partial charge in [-0.05, 0) is 13.8 Å². The molecular formula is C9H18O5P2. The molecule has 0 aromatic rings. The van der Waals surface area contributed by atoms with Gasteiger partial charge in [-0.15, -0.1) is 6.42 Å². The highest BCUT2D eigenvalue weighted by Gasteiger charge is 2.28. The van der Waals surface area contributed by atoms with Crippen LogP contribution in [0.2, 0.25) is 0 Å². The molecule has 7 heteroatoms. The number of hydrogen-bond acceptors (Lipinski definition) is 5. The Morgan fingerprint density at radius 2 is 1.81 bits per heavy atom. The van der Waals surface area contributed by atoms with Crippen LogP contribution in [0.3, 0.4) is 0 Å². The molecular weight excluding hydrogens is 250 g/mol. The van der Waals surface area contributed by atoms with Crippen LogP contribution in [0.1, 0.15) is 13.8 Å². The number of esters is 1. The van der Waals surface area contributed by atoms with Gasteiger partial charge in [0.25, 0.3) is 0 Å². The highest BCUT2D eigenvalue weighted by Crippen LogP contribution is 2.47. The zero-order valence-electron chi connectivity index (χ0n) is 9.60. The standard InChI is InChI=1S/C9H15O5P.H3P/c1-4-7-12-9(10)8-15(11,13-5-2)14-6-3;/h1H,5-8H2,2-3H3;1H3. The van der Waals surface area contributed by atoms with E-state index in [1.165, 1.54) is 0 Å². The molecule has 1 atom stereocenters. The van der Waals surface area contributed by atoms with Gasteiger partial charge in [0, 0.05) is 0 Å². The normalized spacial score (nSPS) is 10.1. The fourth-order valence-corrected chi connectivity index (χ4v) is 2.30. The molecule has 0 rings (SSSR count). The molecule has 0 bridgehead atoms. The van der Waals surface area contributed by atoms with E-state index in [1.807, 2.05) is 0 Å². The van der Waals surface area contributed by atoms with Gasteiger partial charge in [0.15, 0.2) is 6.61 Å². The highest BCUT2D eigenvalue weighted by atomic mass is 31.2. The molecule has 0 fully saturated rings. The molecule has 0 aliphatic carbocycles. The highest BCUT2D eigenvalue weighted by molar-refractivity contribution is 7.54. The van der Waals surface area contributed by atoms with E-state index >= 15 is 0 Å². The van der Waals surface area contributed by atoms with E-state index in [1.54, 1.807) is 13.8 Å². The molecule has 16 heavy (non-hydrogen) atoms. The lowest BCUT2D eigenvalue weighted by molar-refractivity contribution is -0.139. The molecule has 0 saturated heterocycles. The first kappa shape index (κ1) is 18.0. The monoisotopic (exact) mass is 268 g/mol. The molecule has 0 aromatic carbocycles. The van der Waals surface area contributed by atoms with Crippen LogP contribution in [0.5, 0.6) is 0 Å². The van der Waals surface area contributed by atoms with E-state index in [9.17, 15) is 9.36 Å². The topological polar surface area (TPSA) is 61.8 Å². The van der Waals surface area contributed by atoms with Crippen LogP contribution in [-0.2, 0) is 23.1 Å². The van der Waals surface area contributed by atoms with Crippen molar-refractivity contribution in [1.82, 2.24) is 0 Å². The molecule has 0 radical (unpaired) electrons. The second-order valence-electron chi connectivity index (χ2n) is 2.47. The summed E-state index contributed by atoms with van der Waals surface area (Å²) in [5, 5.41) is 0. The van der Waals surface area contributed by atoms with E-state index < -0.39 is 19.7 Å². The quantitative estimate of drug-likeness (QED) is 0.397. The van der Waals surface area contributed by atoms with Crippen molar-refractivity contribution in [3.63, 3.8) is 0 Å². The Bertz CT molecular complexity index is 274. The molecule has 0 N–H and O–H groups in total. The molecule has 0 saturated carbocycles. The molecule has 0 aromatic heterocycles. The van der Waals surface area contributed by atoms with Gasteiger partial charge in [-0.1, -0.05) is 5.92 Å². The maximum absolute atomic E-state index is 11.8. The van der Waals surface area contributed by atoms with Gasteiger partial charge in [-0.25, -0.2) is 0 Å². The lowest BCUT2D eigenvalue weighted by atomic mass is 10.7. The Balaban J connectivity index is 0. The van der Waals surface area contributed by atoms with Gasteiger partial charge < -0.3 is 13.8 Å². The Kier molecular flexibility index (Phi) is 11.0. The number of carbonyl (C=O) groups excluding carboxylic acids is 1. The minimum absolute atomic E-state index is 0. The van der Waals surface area contributed by atoms with E-state index in [-0.39, 0.29) is 29.7 Å². The second-order valence-corrected chi connectivity index (χ2v) is 4.52. The summed E-state index contributed by atoms with van der Waals surface area (Å²) in [7, 11) is -3.36. The maximum Gasteiger partial charge on any atom is 0.341 e. The molecule has 0 amide bonds. The van der Waals surface area contributed by atoms with Gasteiger partial charge in [0.05, 0.1) is 13.2 Å². The predicted octanol–water partition coefficient (Wildman–Crippen LogP) is 1.49. The van der Waals surface area contributed by atoms with Crippen molar-refractivity contribution < 1.29 is 23.1 Å².